The SMILES string of the molecule is CCC(C)NCC(C)c1c(C)noc1C. The van der Waals surface area contributed by atoms with E-state index >= 15 is 0 Å². The molecule has 0 fully saturated rings. The van der Waals surface area contributed by atoms with Gasteiger partial charge in [-0.05, 0) is 33.1 Å². The molecule has 0 aliphatic carbocycles. The van der Waals surface area contributed by atoms with Gasteiger partial charge in [-0.1, -0.05) is 19.0 Å². The van der Waals surface area contributed by atoms with E-state index in [9.17, 15) is 0 Å². The molecule has 0 radical (unpaired) electrons. The van der Waals surface area contributed by atoms with E-state index in [0.717, 1.165) is 24.4 Å². The number of rotatable bonds is 5. The standard InChI is InChI=1S/C12H22N2O/c1-6-9(3)13-7-8(2)12-10(4)14-15-11(12)5/h8-9,13H,6-7H2,1-5H3. The number of aryl methyl sites for hydroxylation is 2. The molecule has 0 spiro atoms. The summed E-state index contributed by atoms with van der Waals surface area (Å²) in [4.78, 5) is 0. The minimum absolute atomic E-state index is 0.463. The molecule has 1 aromatic rings. The molecule has 0 saturated carbocycles. The third-order valence-electron chi connectivity index (χ3n) is 2.97. The molecule has 0 aromatic carbocycles. The summed E-state index contributed by atoms with van der Waals surface area (Å²) in [6.45, 7) is 11.6. The minimum atomic E-state index is 0.463. The predicted octanol–water partition coefficient (Wildman–Crippen LogP) is 2.78. The summed E-state index contributed by atoms with van der Waals surface area (Å²) >= 11 is 0. The first kappa shape index (κ1) is 12.2. The molecule has 2 unspecified atom stereocenters. The van der Waals surface area contributed by atoms with Crippen LogP contribution in [0.25, 0.3) is 0 Å². The van der Waals surface area contributed by atoms with E-state index < -0.39 is 0 Å². The highest BCUT2D eigenvalue weighted by Crippen LogP contribution is 2.22. The van der Waals surface area contributed by atoms with Crippen LogP contribution in [-0.2, 0) is 0 Å². The molecule has 86 valence electrons. The monoisotopic (exact) mass is 210 g/mol. The van der Waals surface area contributed by atoms with Crippen molar-refractivity contribution in [1.82, 2.24) is 10.5 Å². The molecule has 0 amide bonds. The maximum Gasteiger partial charge on any atom is 0.137 e. The Balaban J connectivity index is 2.57. The summed E-state index contributed by atoms with van der Waals surface area (Å²) in [5.41, 5.74) is 2.27. The third-order valence-corrected chi connectivity index (χ3v) is 2.97. The molecule has 3 heteroatoms. The van der Waals surface area contributed by atoms with E-state index in [4.69, 9.17) is 4.52 Å². The second kappa shape index (κ2) is 5.31. The summed E-state index contributed by atoms with van der Waals surface area (Å²) in [7, 11) is 0. The second-order valence-electron chi connectivity index (χ2n) is 4.36. The van der Waals surface area contributed by atoms with Crippen LogP contribution in [0, 0.1) is 13.8 Å². The molecule has 1 N–H and O–H groups in total. The highest BCUT2D eigenvalue weighted by atomic mass is 16.5. The Morgan fingerprint density at radius 3 is 2.47 bits per heavy atom. The highest BCUT2D eigenvalue weighted by Gasteiger charge is 2.16. The van der Waals surface area contributed by atoms with E-state index in [1.807, 2.05) is 13.8 Å². The average molecular weight is 210 g/mol. The highest BCUT2D eigenvalue weighted by molar-refractivity contribution is 5.25. The lowest BCUT2D eigenvalue weighted by Crippen LogP contribution is -2.29. The summed E-state index contributed by atoms with van der Waals surface area (Å²) < 4.78 is 5.17. The Labute approximate surface area is 92.2 Å². The second-order valence-corrected chi connectivity index (χ2v) is 4.36. The van der Waals surface area contributed by atoms with E-state index in [2.05, 4.69) is 31.2 Å². The normalized spacial score (nSPS) is 15.3. The van der Waals surface area contributed by atoms with Gasteiger partial charge >= 0.3 is 0 Å². The fraction of sp³-hybridized carbons (Fsp3) is 0.750. The Hall–Kier alpha value is -0.830. The molecule has 1 heterocycles. The van der Waals surface area contributed by atoms with Crippen molar-refractivity contribution < 1.29 is 4.52 Å². The molecular formula is C12H22N2O. The van der Waals surface area contributed by atoms with E-state index in [-0.39, 0.29) is 0 Å². The predicted molar refractivity (Wildman–Crippen MR) is 62.1 cm³/mol. The van der Waals surface area contributed by atoms with E-state index in [0.29, 0.717) is 12.0 Å². The Kier molecular flexibility index (Phi) is 4.33. The van der Waals surface area contributed by atoms with Crippen molar-refractivity contribution in [2.45, 2.75) is 53.0 Å². The van der Waals surface area contributed by atoms with Gasteiger partial charge in [-0.3, -0.25) is 0 Å². The zero-order valence-electron chi connectivity index (χ0n) is 10.4. The number of nitrogens with one attached hydrogen (secondary N) is 1. The van der Waals surface area contributed by atoms with Crippen molar-refractivity contribution in [2.75, 3.05) is 6.54 Å². The quantitative estimate of drug-likeness (QED) is 0.812. The number of nitrogens with zero attached hydrogens (tertiary/aromatic N) is 1. The largest absolute Gasteiger partial charge is 0.361 e. The first-order valence-electron chi connectivity index (χ1n) is 5.72. The molecule has 3 nitrogen and oxygen atoms in total. The molecule has 0 bridgehead atoms. The van der Waals surface area contributed by atoms with Crippen molar-refractivity contribution in [3.05, 3.63) is 17.0 Å². The summed E-state index contributed by atoms with van der Waals surface area (Å²) in [6, 6.07) is 0.577. The molecular weight excluding hydrogens is 188 g/mol. The topological polar surface area (TPSA) is 38.1 Å². The zero-order valence-corrected chi connectivity index (χ0v) is 10.4. The first-order chi connectivity index (χ1) is 7.06. The van der Waals surface area contributed by atoms with Crippen molar-refractivity contribution >= 4 is 0 Å². The van der Waals surface area contributed by atoms with Crippen molar-refractivity contribution in [3.63, 3.8) is 0 Å². The molecule has 1 aromatic heterocycles. The zero-order chi connectivity index (χ0) is 11.4. The lowest BCUT2D eigenvalue weighted by atomic mass is 9.99. The fourth-order valence-corrected chi connectivity index (χ4v) is 1.82. The minimum Gasteiger partial charge on any atom is -0.361 e. The number of aromatic nitrogens is 1. The Morgan fingerprint density at radius 2 is 2.00 bits per heavy atom. The van der Waals surface area contributed by atoms with E-state index in [1.165, 1.54) is 5.56 Å². The van der Waals surface area contributed by atoms with Gasteiger partial charge in [-0.25, -0.2) is 0 Å². The maximum absolute atomic E-state index is 5.17. The van der Waals surface area contributed by atoms with Crippen LogP contribution >= 0.6 is 0 Å². The Bertz CT molecular complexity index is 287. The average Bonchev–Trinajstić information content (AvgIpc) is 2.54. The van der Waals surface area contributed by atoms with Gasteiger partial charge in [-0.2, -0.15) is 0 Å². The fourth-order valence-electron chi connectivity index (χ4n) is 1.82. The van der Waals surface area contributed by atoms with Gasteiger partial charge in [0.25, 0.3) is 0 Å². The number of hydrogen-bond acceptors (Lipinski definition) is 3. The molecule has 2 atom stereocenters. The van der Waals surface area contributed by atoms with Gasteiger partial charge in [0.15, 0.2) is 0 Å². The number of hydrogen-bond donors (Lipinski definition) is 1. The van der Waals surface area contributed by atoms with Gasteiger partial charge in [0.2, 0.25) is 0 Å². The smallest absolute Gasteiger partial charge is 0.137 e. The molecule has 0 saturated heterocycles. The lowest BCUT2D eigenvalue weighted by Gasteiger charge is -2.16. The van der Waals surface area contributed by atoms with Crippen LogP contribution in [0.4, 0.5) is 0 Å². The van der Waals surface area contributed by atoms with Crippen LogP contribution < -0.4 is 5.32 Å². The van der Waals surface area contributed by atoms with Crippen LogP contribution in [0.2, 0.25) is 0 Å². The van der Waals surface area contributed by atoms with Crippen molar-refractivity contribution in [3.8, 4) is 0 Å². The molecule has 0 aliphatic heterocycles. The van der Waals surface area contributed by atoms with Crippen LogP contribution in [0.1, 0.15) is 50.1 Å². The van der Waals surface area contributed by atoms with Gasteiger partial charge in [-0.15, -0.1) is 0 Å². The summed E-state index contributed by atoms with van der Waals surface area (Å²) in [6.07, 6.45) is 1.16. The summed E-state index contributed by atoms with van der Waals surface area (Å²) in [5, 5.41) is 7.49. The van der Waals surface area contributed by atoms with E-state index in [1.54, 1.807) is 0 Å². The first-order valence-corrected chi connectivity index (χ1v) is 5.72. The lowest BCUT2D eigenvalue weighted by molar-refractivity contribution is 0.391. The third kappa shape index (κ3) is 3.06. The molecule has 1 rings (SSSR count). The molecule has 0 aliphatic rings. The van der Waals surface area contributed by atoms with Gasteiger partial charge in [0.05, 0.1) is 5.69 Å². The van der Waals surface area contributed by atoms with Crippen molar-refractivity contribution in [1.29, 1.82) is 0 Å². The Morgan fingerprint density at radius 1 is 1.33 bits per heavy atom. The maximum atomic E-state index is 5.17. The summed E-state index contributed by atoms with van der Waals surface area (Å²) in [5.74, 6) is 1.41. The van der Waals surface area contributed by atoms with Crippen molar-refractivity contribution in [2.24, 2.45) is 0 Å². The van der Waals surface area contributed by atoms with Gasteiger partial charge < -0.3 is 9.84 Å². The van der Waals surface area contributed by atoms with Crippen LogP contribution in [-0.4, -0.2) is 17.7 Å². The van der Waals surface area contributed by atoms with Gasteiger partial charge in [0.1, 0.15) is 5.76 Å². The van der Waals surface area contributed by atoms with Gasteiger partial charge in [0, 0.05) is 18.2 Å². The van der Waals surface area contributed by atoms with Crippen LogP contribution in [0.5, 0.6) is 0 Å². The molecule has 15 heavy (non-hydrogen) atoms. The van der Waals surface area contributed by atoms with Crippen LogP contribution in [0.3, 0.4) is 0 Å². The van der Waals surface area contributed by atoms with Crippen LogP contribution in [0.15, 0.2) is 4.52 Å².